The highest BCUT2D eigenvalue weighted by molar-refractivity contribution is 5.77. The number of hydrogen-bond acceptors (Lipinski definition) is 2. The molecule has 3 nitrogen and oxygen atoms in total. The predicted molar refractivity (Wildman–Crippen MR) is 80.1 cm³/mol. The average Bonchev–Trinajstić information content (AvgIpc) is 2.45. The zero-order chi connectivity index (χ0) is 14.5. The maximum Gasteiger partial charge on any atom is 0.223 e. The highest BCUT2D eigenvalue weighted by atomic mass is 16.3. The van der Waals surface area contributed by atoms with Crippen LogP contribution in [0.4, 0.5) is 0 Å². The van der Waals surface area contributed by atoms with Crippen molar-refractivity contribution >= 4 is 5.91 Å². The first-order valence-corrected chi connectivity index (χ1v) is 7.60. The van der Waals surface area contributed by atoms with E-state index in [9.17, 15) is 9.90 Å². The number of nitrogens with one attached hydrogen (secondary N) is 1. The summed E-state index contributed by atoms with van der Waals surface area (Å²) in [6, 6.07) is 9.62. The smallest absolute Gasteiger partial charge is 0.223 e. The van der Waals surface area contributed by atoms with Gasteiger partial charge >= 0.3 is 0 Å². The van der Waals surface area contributed by atoms with Crippen molar-refractivity contribution in [1.82, 2.24) is 5.32 Å². The summed E-state index contributed by atoms with van der Waals surface area (Å²) >= 11 is 0. The molecule has 1 aliphatic carbocycles. The lowest BCUT2D eigenvalue weighted by atomic mass is 9.78. The Morgan fingerprint density at radius 3 is 2.70 bits per heavy atom. The lowest BCUT2D eigenvalue weighted by Gasteiger charge is -2.34. The molecule has 0 aromatic heterocycles. The highest BCUT2D eigenvalue weighted by Crippen LogP contribution is 2.29. The Labute approximate surface area is 121 Å². The minimum atomic E-state index is -0.715. The second-order valence-electron chi connectivity index (χ2n) is 6.07. The lowest BCUT2D eigenvalue weighted by Crippen LogP contribution is -2.44. The number of hydrogen-bond donors (Lipinski definition) is 2. The second kappa shape index (κ2) is 6.89. The molecule has 1 aromatic carbocycles. The van der Waals surface area contributed by atoms with Gasteiger partial charge in [0.05, 0.1) is 12.5 Å². The van der Waals surface area contributed by atoms with E-state index in [1.54, 1.807) is 0 Å². The molecule has 110 valence electrons. The molecule has 1 aliphatic rings. The van der Waals surface area contributed by atoms with E-state index in [0.29, 0.717) is 11.8 Å². The molecule has 4 atom stereocenters. The standard InChI is InChI=1S/C17H25NO2/c1-12-7-6-10-15(13(12)2)18-17(20)11-16(19)14-8-4-3-5-9-14/h3-5,8-9,12-13,15-16,19H,6-7,10-11H2,1-2H3,(H,18,20). The van der Waals surface area contributed by atoms with Crippen molar-refractivity contribution in [1.29, 1.82) is 0 Å². The van der Waals surface area contributed by atoms with Crippen LogP contribution in [-0.4, -0.2) is 17.1 Å². The number of benzene rings is 1. The van der Waals surface area contributed by atoms with E-state index in [2.05, 4.69) is 19.2 Å². The molecule has 0 radical (unpaired) electrons. The average molecular weight is 275 g/mol. The zero-order valence-electron chi connectivity index (χ0n) is 12.4. The fourth-order valence-corrected chi connectivity index (χ4v) is 3.02. The van der Waals surface area contributed by atoms with E-state index in [4.69, 9.17) is 0 Å². The molecule has 0 aliphatic heterocycles. The second-order valence-corrected chi connectivity index (χ2v) is 6.07. The van der Waals surface area contributed by atoms with E-state index in [-0.39, 0.29) is 18.4 Å². The van der Waals surface area contributed by atoms with Crippen LogP contribution in [0.5, 0.6) is 0 Å². The molecular formula is C17H25NO2. The molecule has 2 N–H and O–H groups in total. The molecule has 2 rings (SSSR count). The maximum atomic E-state index is 12.1. The summed E-state index contributed by atoms with van der Waals surface area (Å²) in [6.07, 6.45) is 2.91. The van der Waals surface area contributed by atoms with Crippen molar-refractivity contribution in [3.05, 3.63) is 35.9 Å². The Morgan fingerprint density at radius 2 is 2.00 bits per heavy atom. The molecule has 0 spiro atoms. The minimum absolute atomic E-state index is 0.0488. The molecule has 1 amide bonds. The number of aliphatic hydroxyl groups is 1. The molecular weight excluding hydrogens is 250 g/mol. The van der Waals surface area contributed by atoms with Crippen LogP contribution >= 0.6 is 0 Å². The quantitative estimate of drug-likeness (QED) is 0.887. The van der Waals surface area contributed by atoms with Crippen LogP contribution in [-0.2, 0) is 4.79 Å². The van der Waals surface area contributed by atoms with Gasteiger partial charge in [-0.1, -0.05) is 57.0 Å². The summed E-state index contributed by atoms with van der Waals surface area (Å²) in [7, 11) is 0. The first kappa shape index (κ1) is 15.0. The van der Waals surface area contributed by atoms with Crippen LogP contribution in [0.2, 0.25) is 0 Å². The Kier molecular flexibility index (Phi) is 5.18. The number of carbonyl (C=O) groups is 1. The summed E-state index contributed by atoms with van der Waals surface area (Å²) in [5, 5.41) is 13.2. The van der Waals surface area contributed by atoms with Crippen molar-refractivity contribution < 1.29 is 9.90 Å². The lowest BCUT2D eigenvalue weighted by molar-refractivity contribution is -0.124. The number of aliphatic hydroxyl groups excluding tert-OH is 1. The zero-order valence-corrected chi connectivity index (χ0v) is 12.4. The molecule has 4 unspecified atom stereocenters. The number of amides is 1. The van der Waals surface area contributed by atoms with Crippen molar-refractivity contribution in [3.8, 4) is 0 Å². The van der Waals surface area contributed by atoms with Gasteiger partial charge in [-0.05, 0) is 23.8 Å². The highest BCUT2D eigenvalue weighted by Gasteiger charge is 2.28. The number of carbonyl (C=O) groups excluding carboxylic acids is 1. The van der Waals surface area contributed by atoms with E-state index in [1.807, 2.05) is 30.3 Å². The van der Waals surface area contributed by atoms with Crippen molar-refractivity contribution in [2.24, 2.45) is 11.8 Å². The summed E-state index contributed by atoms with van der Waals surface area (Å²) in [5.41, 5.74) is 0.799. The van der Waals surface area contributed by atoms with Gasteiger partial charge in [-0.3, -0.25) is 4.79 Å². The monoisotopic (exact) mass is 275 g/mol. The van der Waals surface area contributed by atoms with Gasteiger partial charge in [-0.2, -0.15) is 0 Å². The molecule has 0 saturated heterocycles. The molecule has 0 bridgehead atoms. The van der Waals surface area contributed by atoms with Gasteiger partial charge in [0.1, 0.15) is 0 Å². The van der Waals surface area contributed by atoms with Gasteiger partial charge in [0.2, 0.25) is 5.91 Å². The summed E-state index contributed by atoms with van der Waals surface area (Å²) in [5.74, 6) is 1.13. The Morgan fingerprint density at radius 1 is 1.30 bits per heavy atom. The van der Waals surface area contributed by atoms with Crippen molar-refractivity contribution in [3.63, 3.8) is 0 Å². The molecule has 20 heavy (non-hydrogen) atoms. The van der Waals surface area contributed by atoms with Gasteiger partial charge in [-0.25, -0.2) is 0 Å². The van der Waals surface area contributed by atoms with Crippen LogP contribution in [0.25, 0.3) is 0 Å². The normalized spacial score (nSPS) is 27.9. The third-order valence-corrected chi connectivity index (χ3v) is 4.62. The maximum absolute atomic E-state index is 12.1. The largest absolute Gasteiger partial charge is 0.388 e. The molecule has 0 heterocycles. The van der Waals surface area contributed by atoms with Crippen LogP contribution < -0.4 is 5.32 Å². The molecule has 1 aromatic rings. The van der Waals surface area contributed by atoms with Gasteiger partial charge < -0.3 is 10.4 Å². The molecule has 3 heteroatoms. The SMILES string of the molecule is CC1CCCC(NC(=O)CC(O)c2ccccc2)C1C. The van der Waals surface area contributed by atoms with Crippen molar-refractivity contribution in [2.45, 2.75) is 51.7 Å². The fourth-order valence-electron chi connectivity index (χ4n) is 3.02. The molecule has 1 fully saturated rings. The van der Waals surface area contributed by atoms with E-state index in [1.165, 1.54) is 12.8 Å². The van der Waals surface area contributed by atoms with Gasteiger partial charge in [-0.15, -0.1) is 0 Å². The predicted octanol–water partition coefficient (Wildman–Crippen LogP) is 3.05. The van der Waals surface area contributed by atoms with Crippen LogP contribution in [0.15, 0.2) is 30.3 Å². The Bertz CT molecular complexity index is 432. The number of rotatable bonds is 4. The van der Waals surface area contributed by atoms with Gasteiger partial charge in [0.25, 0.3) is 0 Å². The van der Waals surface area contributed by atoms with Crippen molar-refractivity contribution in [2.75, 3.05) is 0 Å². The van der Waals surface area contributed by atoms with Crippen LogP contribution in [0, 0.1) is 11.8 Å². The first-order chi connectivity index (χ1) is 9.58. The van der Waals surface area contributed by atoms with Gasteiger partial charge in [0, 0.05) is 6.04 Å². The Balaban J connectivity index is 1.86. The third-order valence-electron chi connectivity index (χ3n) is 4.62. The van der Waals surface area contributed by atoms with Crippen LogP contribution in [0.3, 0.4) is 0 Å². The van der Waals surface area contributed by atoms with E-state index in [0.717, 1.165) is 12.0 Å². The Hall–Kier alpha value is -1.35. The summed E-state index contributed by atoms with van der Waals surface area (Å²) in [4.78, 5) is 12.1. The first-order valence-electron chi connectivity index (χ1n) is 7.60. The topological polar surface area (TPSA) is 49.3 Å². The minimum Gasteiger partial charge on any atom is -0.388 e. The molecule has 1 saturated carbocycles. The fraction of sp³-hybridized carbons (Fsp3) is 0.588. The van der Waals surface area contributed by atoms with Crippen LogP contribution in [0.1, 0.15) is 51.2 Å². The third kappa shape index (κ3) is 3.83. The van der Waals surface area contributed by atoms with Gasteiger partial charge in [0.15, 0.2) is 0 Å². The summed E-state index contributed by atoms with van der Waals surface area (Å²) in [6.45, 7) is 4.46. The summed E-state index contributed by atoms with van der Waals surface area (Å²) < 4.78 is 0. The van der Waals surface area contributed by atoms with E-state index >= 15 is 0 Å². The van der Waals surface area contributed by atoms with E-state index < -0.39 is 6.10 Å².